The molecule has 20 heavy (non-hydrogen) atoms. The Morgan fingerprint density at radius 1 is 1.25 bits per heavy atom. The van der Waals surface area contributed by atoms with E-state index in [1.54, 1.807) is 0 Å². The van der Waals surface area contributed by atoms with E-state index in [1.807, 2.05) is 26.0 Å². The molecule has 0 saturated carbocycles. The average Bonchev–Trinajstić information content (AvgIpc) is 2.46. The fraction of sp³-hybridized carbons (Fsp3) is 0.625. The summed E-state index contributed by atoms with van der Waals surface area (Å²) in [6, 6.07) is 8.57. The van der Waals surface area contributed by atoms with Crippen molar-refractivity contribution in [1.29, 1.82) is 0 Å². The second kappa shape index (κ2) is 7.91. The molecule has 1 fully saturated rings. The number of ether oxygens (including phenoxy) is 1. The first-order chi connectivity index (χ1) is 9.69. The lowest BCUT2D eigenvalue weighted by Gasteiger charge is -2.26. The Bertz CT molecular complexity index is 388. The van der Waals surface area contributed by atoms with Crippen molar-refractivity contribution in [2.75, 3.05) is 11.5 Å². The molecule has 0 spiro atoms. The molecule has 3 nitrogen and oxygen atoms in total. The van der Waals surface area contributed by atoms with Crippen LogP contribution in [-0.2, 0) is 0 Å². The standard InChI is InChI=1S/C16H26N2OS/c1-12(2)19-15-5-3-14(4-6-15)16(18-17)11-13-7-9-20-10-8-13/h3-6,12-13,16,18H,7-11,17H2,1-2H3. The molecule has 0 amide bonds. The van der Waals surface area contributed by atoms with Gasteiger partial charge in [0.1, 0.15) is 5.75 Å². The minimum Gasteiger partial charge on any atom is -0.491 e. The van der Waals surface area contributed by atoms with Crippen LogP contribution >= 0.6 is 11.8 Å². The predicted octanol–water partition coefficient (Wildman–Crippen LogP) is 3.51. The van der Waals surface area contributed by atoms with Crippen molar-refractivity contribution in [3.05, 3.63) is 29.8 Å². The number of hydrogen-bond donors (Lipinski definition) is 2. The van der Waals surface area contributed by atoms with Crippen LogP contribution in [0.25, 0.3) is 0 Å². The SMILES string of the molecule is CC(C)Oc1ccc(C(CC2CCSCC2)NN)cc1. The molecular weight excluding hydrogens is 268 g/mol. The Hall–Kier alpha value is -0.710. The normalized spacial score (nSPS) is 18.2. The van der Waals surface area contributed by atoms with Gasteiger partial charge in [-0.2, -0.15) is 11.8 Å². The van der Waals surface area contributed by atoms with Gasteiger partial charge in [-0.15, -0.1) is 0 Å². The Balaban J connectivity index is 1.95. The minimum absolute atomic E-state index is 0.212. The van der Waals surface area contributed by atoms with Gasteiger partial charge in [0.05, 0.1) is 6.10 Å². The Morgan fingerprint density at radius 3 is 2.45 bits per heavy atom. The summed E-state index contributed by atoms with van der Waals surface area (Å²) in [7, 11) is 0. The monoisotopic (exact) mass is 294 g/mol. The van der Waals surface area contributed by atoms with E-state index in [0.717, 1.165) is 18.1 Å². The minimum atomic E-state index is 0.212. The molecular formula is C16H26N2OS. The summed E-state index contributed by atoms with van der Waals surface area (Å²) in [6.45, 7) is 4.08. The van der Waals surface area contributed by atoms with E-state index in [9.17, 15) is 0 Å². The van der Waals surface area contributed by atoms with Crippen molar-refractivity contribution in [1.82, 2.24) is 5.43 Å². The highest BCUT2D eigenvalue weighted by atomic mass is 32.2. The van der Waals surface area contributed by atoms with E-state index >= 15 is 0 Å². The molecule has 3 N–H and O–H groups in total. The summed E-state index contributed by atoms with van der Waals surface area (Å²) in [5, 5.41) is 0. The molecule has 1 aliphatic heterocycles. The first-order valence-corrected chi connectivity index (χ1v) is 8.65. The van der Waals surface area contributed by atoms with Gasteiger partial charge in [-0.05, 0) is 68.2 Å². The summed E-state index contributed by atoms with van der Waals surface area (Å²) in [5.74, 6) is 10.1. The van der Waals surface area contributed by atoms with Crippen LogP contribution in [-0.4, -0.2) is 17.6 Å². The maximum absolute atomic E-state index is 5.75. The fourth-order valence-electron chi connectivity index (χ4n) is 2.67. The number of thioether (sulfide) groups is 1. The van der Waals surface area contributed by atoms with E-state index in [4.69, 9.17) is 10.6 Å². The lowest BCUT2D eigenvalue weighted by molar-refractivity contribution is 0.242. The lowest BCUT2D eigenvalue weighted by Crippen LogP contribution is -2.30. The molecule has 0 aromatic heterocycles. The molecule has 1 atom stereocenters. The number of hydrazine groups is 1. The molecule has 1 unspecified atom stereocenters. The quantitative estimate of drug-likeness (QED) is 0.622. The molecule has 2 rings (SSSR count). The van der Waals surface area contributed by atoms with Crippen LogP contribution in [0.4, 0.5) is 0 Å². The summed E-state index contributed by atoms with van der Waals surface area (Å²) in [5.41, 5.74) is 4.23. The third-order valence-electron chi connectivity index (χ3n) is 3.77. The van der Waals surface area contributed by atoms with E-state index < -0.39 is 0 Å². The molecule has 1 aliphatic rings. The third-order valence-corrected chi connectivity index (χ3v) is 4.81. The highest BCUT2D eigenvalue weighted by Crippen LogP contribution is 2.31. The Morgan fingerprint density at radius 2 is 1.90 bits per heavy atom. The largest absolute Gasteiger partial charge is 0.491 e. The van der Waals surface area contributed by atoms with Gasteiger partial charge in [-0.1, -0.05) is 12.1 Å². The van der Waals surface area contributed by atoms with Crippen LogP contribution < -0.4 is 16.0 Å². The van der Waals surface area contributed by atoms with E-state index in [1.165, 1.54) is 29.9 Å². The topological polar surface area (TPSA) is 47.3 Å². The number of rotatable bonds is 6. The molecule has 0 aliphatic carbocycles. The Kier molecular flexibility index (Phi) is 6.20. The summed E-state index contributed by atoms with van der Waals surface area (Å²) in [6.07, 6.45) is 3.97. The highest BCUT2D eigenvalue weighted by molar-refractivity contribution is 7.99. The molecule has 1 aromatic rings. The maximum Gasteiger partial charge on any atom is 0.119 e. The van der Waals surface area contributed by atoms with Crippen molar-refractivity contribution < 1.29 is 4.74 Å². The first-order valence-electron chi connectivity index (χ1n) is 7.49. The van der Waals surface area contributed by atoms with Crippen molar-refractivity contribution in [2.45, 2.75) is 45.3 Å². The first kappa shape index (κ1) is 15.7. The van der Waals surface area contributed by atoms with Gasteiger partial charge in [0.25, 0.3) is 0 Å². The van der Waals surface area contributed by atoms with Crippen LogP contribution in [0.2, 0.25) is 0 Å². The second-order valence-electron chi connectivity index (χ2n) is 5.75. The van der Waals surface area contributed by atoms with Crippen LogP contribution in [0.3, 0.4) is 0 Å². The van der Waals surface area contributed by atoms with Gasteiger partial charge in [0.2, 0.25) is 0 Å². The average molecular weight is 294 g/mol. The molecule has 1 saturated heterocycles. The van der Waals surface area contributed by atoms with Crippen LogP contribution in [0.1, 0.15) is 44.7 Å². The molecule has 1 heterocycles. The van der Waals surface area contributed by atoms with Gasteiger partial charge in [0, 0.05) is 6.04 Å². The summed E-state index contributed by atoms with van der Waals surface area (Å²) >= 11 is 2.07. The molecule has 0 radical (unpaired) electrons. The third kappa shape index (κ3) is 4.69. The summed E-state index contributed by atoms with van der Waals surface area (Å²) < 4.78 is 5.68. The number of nitrogens with two attached hydrogens (primary N) is 1. The maximum atomic E-state index is 5.75. The van der Waals surface area contributed by atoms with Crippen LogP contribution in [0, 0.1) is 5.92 Å². The van der Waals surface area contributed by atoms with Gasteiger partial charge in [-0.3, -0.25) is 11.3 Å². The van der Waals surface area contributed by atoms with Crippen molar-refractivity contribution in [2.24, 2.45) is 11.8 Å². The fourth-order valence-corrected chi connectivity index (χ4v) is 3.87. The number of hydrogen-bond acceptors (Lipinski definition) is 4. The van der Waals surface area contributed by atoms with Gasteiger partial charge < -0.3 is 4.74 Å². The Labute approximate surface area is 126 Å². The van der Waals surface area contributed by atoms with E-state index in [0.29, 0.717) is 0 Å². The van der Waals surface area contributed by atoms with Crippen molar-refractivity contribution in [3.8, 4) is 5.75 Å². The van der Waals surface area contributed by atoms with Crippen LogP contribution in [0.5, 0.6) is 5.75 Å². The van der Waals surface area contributed by atoms with Gasteiger partial charge in [0.15, 0.2) is 0 Å². The summed E-state index contributed by atoms with van der Waals surface area (Å²) in [4.78, 5) is 0. The van der Waals surface area contributed by atoms with E-state index in [-0.39, 0.29) is 12.1 Å². The van der Waals surface area contributed by atoms with Crippen molar-refractivity contribution >= 4 is 11.8 Å². The molecule has 4 heteroatoms. The highest BCUT2D eigenvalue weighted by Gasteiger charge is 2.19. The molecule has 0 bridgehead atoms. The number of benzene rings is 1. The van der Waals surface area contributed by atoms with Crippen LogP contribution in [0.15, 0.2) is 24.3 Å². The lowest BCUT2D eigenvalue weighted by atomic mass is 9.91. The molecule has 112 valence electrons. The zero-order valence-electron chi connectivity index (χ0n) is 12.5. The van der Waals surface area contributed by atoms with Gasteiger partial charge in [-0.25, -0.2) is 0 Å². The zero-order chi connectivity index (χ0) is 14.4. The molecule has 1 aromatic carbocycles. The second-order valence-corrected chi connectivity index (χ2v) is 6.97. The van der Waals surface area contributed by atoms with E-state index in [2.05, 4.69) is 29.3 Å². The van der Waals surface area contributed by atoms with Gasteiger partial charge >= 0.3 is 0 Å². The van der Waals surface area contributed by atoms with Crippen molar-refractivity contribution in [3.63, 3.8) is 0 Å². The smallest absolute Gasteiger partial charge is 0.119 e. The zero-order valence-corrected chi connectivity index (χ0v) is 13.3. The predicted molar refractivity (Wildman–Crippen MR) is 86.9 cm³/mol. The number of nitrogens with one attached hydrogen (secondary N) is 1.